The van der Waals surface area contributed by atoms with E-state index in [4.69, 9.17) is 0 Å². The first-order chi connectivity index (χ1) is 5.36. The molecule has 2 aliphatic rings. The molecule has 0 heterocycles. The Kier molecular flexibility index (Phi) is 1.39. The van der Waals surface area contributed by atoms with E-state index in [9.17, 15) is 0 Å². The van der Waals surface area contributed by atoms with Crippen molar-refractivity contribution in [2.24, 2.45) is 0 Å². The third-order valence-corrected chi connectivity index (χ3v) is 1.94. The Balaban J connectivity index is 2.71. The molecule has 0 spiro atoms. The fourth-order valence-electron chi connectivity index (χ4n) is 1.25. The minimum Gasteiger partial charge on any atom is -0.0610 e. The second-order valence-corrected chi connectivity index (χ2v) is 2.85. The standard InChI is InChI=1S/C11H10/c1-9-5-7-10-3-2-4-11(10)8-6-9/h2-8H,1H3. The fraction of sp³-hybridized carbons (Fsp3) is 0.0909. The number of aryl methyl sites for hydroxylation is 1. The van der Waals surface area contributed by atoms with Gasteiger partial charge in [0.2, 0.25) is 0 Å². The minimum absolute atomic E-state index is 1.31. The molecule has 0 unspecified atom stereocenters. The lowest BCUT2D eigenvalue weighted by atomic mass is 10.2. The molecule has 54 valence electrons. The fourth-order valence-corrected chi connectivity index (χ4v) is 1.25. The quantitative estimate of drug-likeness (QED) is 0.530. The van der Waals surface area contributed by atoms with Crippen molar-refractivity contribution in [3.05, 3.63) is 48.0 Å². The third kappa shape index (κ3) is 1.12. The Hall–Kier alpha value is -1.30. The van der Waals surface area contributed by atoms with Crippen LogP contribution >= 0.6 is 0 Å². The zero-order valence-electron chi connectivity index (χ0n) is 6.54. The lowest BCUT2D eigenvalue weighted by molar-refractivity contribution is 1.52. The van der Waals surface area contributed by atoms with Crippen LogP contribution in [0.25, 0.3) is 11.1 Å². The smallest absolute Gasteiger partial charge is 0.0184 e. The van der Waals surface area contributed by atoms with E-state index < -0.39 is 0 Å². The molecule has 0 saturated carbocycles. The average Bonchev–Trinajstić information content (AvgIpc) is 2.38. The lowest BCUT2D eigenvalue weighted by Gasteiger charge is -1.85. The molecule has 2 aliphatic carbocycles. The highest BCUT2D eigenvalue weighted by molar-refractivity contribution is 5.65. The average molecular weight is 142 g/mol. The van der Waals surface area contributed by atoms with Crippen LogP contribution in [0.5, 0.6) is 0 Å². The second kappa shape index (κ2) is 2.39. The molecule has 0 aromatic heterocycles. The van der Waals surface area contributed by atoms with Crippen LogP contribution in [0.15, 0.2) is 42.5 Å². The van der Waals surface area contributed by atoms with Gasteiger partial charge in [-0.3, -0.25) is 0 Å². The molecule has 0 heteroatoms. The summed E-state index contributed by atoms with van der Waals surface area (Å²) in [5, 5.41) is 0. The van der Waals surface area contributed by atoms with Crippen LogP contribution in [0.1, 0.15) is 5.56 Å². The SMILES string of the molecule is Cc1ccc2cccc-2cc1. The topological polar surface area (TPSA) is 0 Å². The first-order valence-corrected chi connectivity index (χ1v) is 3.82. The highest BCUT2D eigenvalue weighted by atomic mass is 14.0. The minimum atomic E-state index is 1.31. The van der Waals surface area contributed by atoms with E-state index >= 15 is 0 Å². The third-order valence-electron chi connectivity index (χ3n) is 1.94. The van der Waals surface area contributed by atoms with E-state index in [0.717, 1.165) is 0 Å². The summed E-state index contributed by atoms with van der Waals surface area (Å²) in [5.41, 5.74) is 3.94. The van der Waals surface area contributed by atoms with Gasteiger partial charge in [-0.25, -0.2) is 0 Å². The second-order valence-electron chi connectivity index (χ2n) is 2.85. The number of rotatable bonds is 0. The van der Waals surface area contributed by atoms with E-state index in [1.807, 2.05) is 0 Å². The Morgan fingerprint density at radius 2 is 1.27 bits per heavy atom. The van der Waals surface area contributed by atoms with Gasteiger partial charge in [0, 0.05) is 0 Å². The first kappa shape index (κ1) is 6.41. The Morgan fingerprint density at radius 3 is 1.82 bits per heavy atom. The normalized spacial score (nSPS) is 10.3. The van der Waals surface area contributed by atoms with Crippen LogP contribution < -0.4 is 0 Å². The molecule has 0 amide bonds. The highest BCUT2D eigenvalue weighted by Gasteiger charge is 1.96. The summed E-state index contributed by atoms with van der Waals surface area (Å²) in [6, 6.07) is 14.9. The van der Waals surface area contributed by atoms with E-state index in [0.29, 0.717) is 0 Å². The van der Waals surface area contributed by atoms with Crippen LogP contribution in [0.3, 0.4) is 0 Å². The highest BCUT2D eigenvalue weighted by Crippen LogP contribution is 2.21. The van der Waals surface area contributed by atoms with Crippen molar-refractivity contribution < 1.29 is 0 Å². The molecule has 11 heavy (non-hydrogen) atoms. The molecule has 0 N–H and O–H groups in total. The molecule has 0 aromatic rings. The van der Waals surface area contributed by atoms with Gasteiger partial charge in [0.25, 0.3) is 0 Å². The van der Waals surface area contributed by atoms with Crippen molar-refractivity contribution in [2.45, 2.75) is 6.92 Å². The van der Waals surface area contributed by atoms with Crippen molar-refractivity contribution in [1.29, 1.82) is 0 Å². The van der Waals surface area contributed by atoms with Gasteiger partial charge in [0.05, 0.1) is 0 Å². The van der Waals surface area contributed by atoms with Gasteiger partial charge in [-0.15, -0.1) is 0 Å². The largest absolute Gasteiger partial charge is 0.0610 e. The van der Waals surface area contributed by atoms with Gasteiger partial charge in [-0.1, -0.05) is 48.0 Å². The van der Waals surface area contributed by atoms with Crippen LogP contribution in [0.2, 0.25) is 0 Å². The summed E-state index contributed by atoms with van der Waals surface area (Å²) < 4.78 is 0. The first-order valence-electron chi connectivity index (χ1n) is 3.82. The van der Waals surface area contributed by atoms with Crippen LogP contribution in [-0.4, -0.2) is 0 Å². The van der Waals surface area contributed by atoms with Gasteiger partial charge in [-0.2, -0.15) is 0 Å². The molecule has 0 radical (unpaired) electrons. The van der Waals surface area contributed by atoms with Crippen molar-refractivity contribution in [3.63, 3.8) is 0 Å². The molecule has 0 fully saturated rings. The maximum atomic E-state index is 2.16. The molecule has 0 atom stereocenters. The molecular weight excluding hydrogens is 132 g/mol. The summed E-state index contributed by atoms with van der Waals surface area (Å²) in [4.78, 5) is 0. The summed E-state index contributed by atoms with van der Waals surface area (Å²) >= 11 is 0. The summed E-state index contributed by atoms with van der Waals surface area (Å²) in [5.74, 6) is 0. The number of fused-ring (bicyclic) bond motifs is 1. The predicted octanol–water partition coefficient (Wildman–Crippen LogP) is 3.10. The summed E-state index contributed by atoms with van der Waals surface area (Å²) in [6.07, 6.45) is 0. The van der Waals surface area contributed by atoms with E-state index in [2.05, 4.69) is 49.4 Å². The maximum absolute atomic E-state index is 2.16. The van der Waals surface area contributed by atoms with E-state index in [1.165, 1.54) is 16.7 Å². The number of hydrogen-bond acceptors (Lipinski definition) is 0. The van der Waals surface area contributed by atoms with Gasteiger partial charge >= 0.3 is 0 Å². The van der Waals surface area contributed by atoms with Crippen LogP contribution in [-0.2, 0) is 0 Å². The molecule has 0 nitrogen and oxygen atoms in total. The molecule has 0 saturated heterocycles. The van der Waals surface area contributed by atoms with Crippen LogP contribution in [0, 0.1) is 6.92 Å². The Bertz CT molecular complexity index is 305. The summed E-state index contributed by atoms with van der Waals surface area (Å²) in [6.45, 7) is 2.11. The zero-order valence-corrected chi connectivity index (χ0v) is 6.54. The Labute approximate surface area is 66.8 Å². The van der Waals surface area contributed by atoms with Gasteiger partial charge in [-0.05, 0) is 18.1 Å². The predicted molar refractivity (Wildman–Crippen MR) is 47.8 cm³/mol. The molecule has 2 rings (SSSR count). The summed E-state index contributed by atoms with van der Waals surface area (Å²) in [7, 11) is 0. The molecular formula is C11H10. The molecule has 0 bridgehead atoms. The van der Waals surface area contributed by atoms with Gasteiger partial charge < -0.3 is 0 Å². The van der Waals surface area contributed by atoms with Gasteiger partial charge in [0.15, 0.2) is 0 Å². The maximum Gasteiger partial charge on any atom is -0.0184 e. The van der Waals surface area contributed by atoms with Crippen molar-refractivity contribution in [3.8, 4) is 11.1 Å². The Morgan fingerprint density at radius 1 is 0.727 bits per heavy atom. The number of hydrogen-bond donors (Lipinski definition) is 0. The molecule has 0 aliphatic heterocycles. The van der Waals surface area contributed by atoms with Crippen molar-refractivity contribution in [1.82, 2.24) is 0 Å². The van der Waals surface area contributed by atoms with E-state index in [-0.39, 0.29) is 0 Å². The van der Waals surface area contributed by atoms with Crippen molar-refractivity contribution >= 4 is 0 Å². The van der Waals surface area contributed by atoms with Crippen LogP contribution in [0.4, 0.5) is 0 Å². The molecule has 0 aromatic carbocycles. The van der Waals surface area contributed by atoms with Gasteiger partial charge in [0.1, 0.15) is 0 Å². The monoisotopic (exact) mass is 142 g/mol. The lowest BCUT2D eigenvalue weighted by Crippen LogP contribution is -1.59. The zero-order chi connectivity index (χ0) is 7.68. The van der Waals surface area contributed by atoms with E-state index in [1.54, 1.807) is 0 Å². The van der Waals surface area contributed by atoms with Crippen molar-refractivity contribution in [2.75, 3.05) is 0 Å².